The predicted molar refractivity (Wildman–Crippen MR) is 105 cm³/mol. The number of amides is 1. The summed E-state index contributed by atoms with van der Waals surface area (Å²) >= 11 is 0. The van der Waals surface area contributed by atoms with E-state index in [0.717, 1.165) is 54.5 Å². The molecule has 2 N–H and O–H groups in total. The summed E-state index contributed by atoms with van der Waals surface area (Å²) in [6.45, 7) is 7.46. The predicted octanol–water partition coefficient (Wildman–Crippen LogP) is 1.64. The van der Waals surface area contributed by atoms with Gasteiger partial charge in [-0.15, -0.1) is 0 Å². The fourth-order valence-electron chi connectivity index (χ4n) is 3.51. The van der Waals surface area contributed by atoms with Crippen LogP contribution < -0.4 is 15.5 Å². The van der Waals surface area contributed by atoms with E-state index in [0.29, 0.717) is 11.2 Å². The molecule has 1 aliphatic heterocycles. The zero-order valence-corrected chi connectivity index (χ0v) is 15.8. The number of aryl methyl sites for hydroxylation is 3. The lowest BCUT2D eigenvalue weighted by Crippen LogP contribution is -2.43. The van der Waals surface area contributed by atoms with Gasteiger partial charge in [-0.2, -0.15) is 5.10 Å². The molecule has 0 atom stereocenters. The fraction of sp³-hybridized carbons (Fsp3) is 0.368. The summed E-state index contributed by atoms with van der Waals surface area (Å²) < 4.78 is 1.71. The summed E-state index contributed by atoms with van der Waals surface area (Å²) in [7, 11) is 1.84. The van der Waals surface area contributed by atoms with E-state index in [1.807, 2.05) is 39.1 Å². The topological polar surface area (TPSA) is 88.0 Å². The molecule has 0 radical (unpaired) electrons. The van der Waals surface area contributed by atoms with Gasteiger partial charge in [-0.1, -0.05) is 0 Å². The maximum Gasteiger partial charge on any atom is 0.256 e. The van der Waals surface area contributed by atoms with Crippen LogP contribution in [0.4, 0.5) is 11.5 Å². The Labute approximate surface area is 157 Å². The highest BCUT2D eigenvalue weighted by Crippen LogP contribution is 2.23. The van der Waals surface area contributed by atoms with Crippen LogP contribution in [0.2, 0.25) is 0 Å². The Bertz CT molecular complexity index is 1000. The molecule has 8 nitrogen and oxygen atoms in total. The number of anilines is 2. The lowest BCUT2D eigenvalue weighted by atomic mass is 10.1. The van der Waals surface area contributed by atoms with Crippen molar-refractivity contribution >= 4 is 28.4 Å². The third-order valence-electron chi connectivity index (χ3n) is 4.79. The lowest BCUT2D eigenvalue weighted by molar-refractivity contribution is 0.102. The van der Waals surface area contributed by atoms with Crippen LogP contribution in [0.1, 0.15) is 21.7 Å². The van der Waals surface area contributed by atoms with Crippen LogP contribution in [-0.4, -0.2) is 51.8 Å². The average Bonchev–Trinajstić information content (AvgIpc) is 2.95. The molecule has 0 bridgehead atoms. The van der Waals surface area contributed by atoms with Gasteiger partial charge in [-0.3, -0.25) is 9.48 Å². The van der Waals surface area contributed by atoms with Crippen molar-refractivity contribution in [3.05, 3.63) is 41.3 Å². The molecule has 0 unspecified atom stereocenters. The molecule has 4 rings (SSSR count). The van der Waals surface area contributed by atoms with E-state index in [2.05, 4.69) is 30.6 Å². The quantitative estimate of drug-likeness (QED) is 0.734. The van der Waals surface area contributed by atoms with Gasteiger partial charge in [0, 0.05) is 56.9 Å². The van der Waals surface area contributed by atoms with E-state index in [1.54, 1.807) is 10.9 Å². The van der Waals surface area contributed by atoms with E-state index >= 15 is 0 Å². The first-order chi connectivity index (χ1) is 13.0. The second-order valence-electron chi connectivity index (χ2n) is 6.81. The summed E-state index contributed by atoms with van der Waals surface area (Å²) in [5, 5.41) is 11.5. The van der Waals surface area contributed by atoms with Gasteiger partial charge < -0.3 is 15.5 Å². The van der Waals surface area contributed by atoms with Crippen LogP contribution in [0.15, 0.2) is 24.4 Å². The van der Waals surface area contributed by atoms with Gasteiger partial charge in [0.15, 0.2) is 5.65 Å². The number of pyridine rings is 2. The van der Waals surface area contributed by atoms with Crippen LogP contribution in [0.3, 0.4) is 0 Å². The van der Waals surface area contributed by atoms with Crippen molar-refractivity contribution in [1.82, 2.24) is 25.1 Å². The van der Waals surface area contributed by atoms with E-state index in [-0.39, 0.29) is 5.91 Å². The van der Waals surface area contributed by atoms with E-state index in [4.69, 9.17) is 0 Å². The second-order valence-corrected chi connectivity index (χ2v) is 6.81. The first-order valence-electron chi connectivity index (χ1n) is 9.07. The smallest absolute Gasteiger partial charge is 0.256 e. The highest BCUT2D eigenvalue weighted by atomic mass is 16.1. The maximum atomic E-state index is 13.0. The molecule has 140 valence electrons. The number of carbonyl (C=O) groups is 1. The Kier molecular flexibility index (Phi) is 4.49. The van der Waals surface area contributed by atoms with Crippen molar-refractivity contribution in [3.8, 4) is 0 Å². The van der Waals surface area contributed by atoms with Crippen molar-refractivity contribution in [1.29, 1.82) is 0 Å². The lowest BCUT2D eigenvalue weighted by Gasteiger charge is -2.28. The molecule has 1 aliphatic rings. The highest BCUT2D eigenvalue weighted by molar-refractivity contribution is 6.12. The van der Waals surface area contributed by atoms with Gasteiger partial charge >= 0.3 is 0 Å². The number of fused-ring (bicyclic) bond motifs is 1. The van der Waals surface area contributed by atoms with Gasteiger partial charge in [0.25, 0.3) is 5.91 Å². The van der Waals surface area contributed by atoms with Crippen molar-refractivity contribution < 1.29 is 4.79 Å². The Morgan fingerprint density at radius 3 is 2.78 bits per heavy atom. The molecular formula is C19H23N7O. The van der Waals surface area contributed by atoms with Crippen LogP contribution >= 0.6 is 0 Å². The maximum absolute atomic E-state index is 13.0. The minimum Gasteiger partial charge on any atom is -0.354 e. The molecule has 0 saturated carbocycles. The largest absolute Gasteiger partial charge is 0.354 e. The highest BCUT2D eigenvalue weighted by Gasteiger charge is 2.18. The van der Waals surface area contributed by atoms with Gasteiger partial charge in [0.05, 0.1) is 16.6 Å². The number of aromatic nitrogens is 4. The first kappa shape index (κ1) is 17.4. The molecular weight excluding hydrogens is 342 g/mol. The molecule has 0 spiro atoms. The molecule has 8 heteroatoms. The normalized spacial score (nSPS) is 14.6. The van der Waals surface area contributed by atoms with Gasteiger partial charge in [-0.05, 0) is 26.0 Å². The second kappa shape index (κ2) is 6.96. The van der Waals surface area contributed by atoms with Crippen LogP contribution in [-0.2, 0) is 7.05 Å². The zero-order chi connectivity index (χ0) is 19.0. The third kappa shape index (κ3) is 3.35. The molecule has 3 aromatic rings. The van der Waals surface area contributed by atoms with E-state index in [9.17, 15) is 4.79 Å². The molecule has 0 aromatic carbocycles. The number of hydrogen-bond donors (Lipinski definition) is 2. The van der Waals surface area contributed by atoms with Crippen LogP contribution in [0, 0.1) is 13.8 Å². The monoisotopic (exact) mass is 365 g/mol. The summed E-state index contributed by atoms with van der Waals surface area (Å²) in [5.41, 5.74) is 3.61. The summed E-state index contributed by atoms with van der Waals surface area (Å²) in [6.07, 6.45) is 1.73. The van der Waals surface area contributed by atoms with E-state index < -0.39 is 0 Å². The number of rotatable bonds is 3. The minimum atomic E-state index is -0.168. The minimum absolute atomic E-state index is 0.168. The van der Waals surface area contributed by atoms with Crippen LogP contribution in [0.25, 0.3) is 11.0 Å². The Balaban J connectivity index is 1.64. The summed E-state index contributed by atoms with van der Waals surface area (Å²) in [5.74, 6) is 0.710. The molecule has 4 heterocycles. The number of nitrogens with zero attached hydrogens (tertiary/aromatic N) is 5. The zero-order valence-electron chi connectivity index (χ0n) is 15.8. The number of nitrogens with one attached hydrogen (secondary N) is 2. The Morgan fingerprint density at radius 1 is 1.22 bits per heavy atom. The molecule has 3 aromatic heterocycles. The van der Waals surface area contributed by atoms with Gasteiger partial charge in [0.2, 0.25) is 0 Å². The van der Waals surface area contributed by atoms with Crippen LogP contribution in [0.5, 0.6) is 0 Å². The molecule has 27 heavy (non-hydrogen) atoms. The summed E-state index contributed by atoms with van der Waals surface area (Å²) in [6, 6.07) is 5.54. The number of carbonyl (C=O) groups excluding carboxylic acids is 1. The first-order valence-corrected chi connectivity index (χ1v) is 9.07. The van der Waals surface area contributed by atoms with Gasteiger partial charge in [-0.25, -0.2) is 9.97 Å². The average molecular weight is 365 g/mol. The summed E-state index contributed by atoms with van der Waals surface area (Å²) in [4.78, 5) is 24.2. The van der Waals surface area contributed by atoms with Crippen molar-refractivity contribution in [2.45, 2.75) is 13.8 Å². The SMILES string of the molecule is Cc1cc(C(=O)Nc2ccnc(N3CCNCC3)c2)c2c(C)nn(C)c2n1. The Hall–Kier alpha value is -3.00. The molecule has 1 saturated heterocycles. The number of piperazine rings is 1. The van der Waals surface area contributed by atoms with Crippen molar-refractivity contribution in [2.75, 3.05) is 36.4 Å². The van der Waals surface area contributed by atoms with Crippen molar-refractivity contribution in [2.24, 2.45) is 7.05 Å². The number of hydrogen-bond acceptors (Lipinski definition) is 6. The molecule has 0 aliphatic carbocycles. The van der Waals surface area contributed by atoms with E-state index in [1.165, 1.54) is 0 Å². The molecule has 1 amide bonds. The molecule has 1 fully saturated rings. The third-order valence-corrected chi connectivity index (χ3v) is 4.79. The van der Waals surface area contributed by atoms with Gasteiger partial charge in [0.1, 0.15) is 5.82 Å². The standard InChI is InChI=1S/C19H23N7O/c1-12-10-15(17-13(2)24-25(3)18(17)22-12)19(27)23-14-4-5-21-16(11-14)26-8-6-20-7-9-26/h4-5,10-11,20H,6-9H2,1-3H3,(H,21,23,27). The Morgan fingerprint density at radius 2 is 2.00 bits per heavy atom. The fourth-order valence-corrected chi connectivity index (χ4v) is 3.51. The van der Waals surface area contributed by atoms with Crippen molar-refractivity contribution in [3.63, 3.8) is 0 Å².